The summed E-state index contributed by atoms with van der Waals surface area (Å²) in [4.78, 5) is 1.22. The van der Waals surface area contributed by atoms with Gasteiger partial charge in [0.2, 0.25) is 0 Å². The molecule has 0 amide bonds. The minimum absolute atomic E-state index is 0.114. The highest BCUT2D eigenvalue weighted by atomic mass is 35.5. The van der Waals surface area contributed by atoms with Crippen LogP contribution in [0.2, 0.25) is 5.02 Å². The zero-order valence-corrected chi connectivity index (χ0v) is 10.1. The van der Waals surface area contributed by atoms with Crippen LogP contribution in [0.3, 0.4) is 0 Å². The average molecular weight is 267 g/mol. The van der Waals surface area contributed by atoms with Gasteiger partial charge in [0.15, 0.2) is 0 Å². The Balaban J connectivity index is 3.07. The van der Waals surface area contributed by atoms with E-state index in [0.29, 0.717) is 16.3 Å². The first-order valence-electron chi connectivity index (χ1n) is 5.18. The van der Waals surface area contributed by atoms with Gasteiger partial charge >= 0.3 is 6.18 Å². The number of hydrogen-bond donors (Lipinski definition) is 1. The van der Waals surface area contributed by atoms with Gasteiger partial charge in [-0.1, -0.05) is 17.7 Å². The molecule has 0 aromatic heterocycles. The van der Waals surface area contributed by atoms with Gasteiger partial charge < -0.3 is 10.6 Å². The Morgan fingerprint density at radius 2 is 2.00 bits per heavy atom. The first-order valence-corrected chi connectivity index (χ1v) is 5.56. The van der Waals surface area contributed by atoms with E-state index in [1.807, 2.05) is 0 Å². The summed E-state index contributed by atoms with van der Waals surface area (Å²) in [6, 6.07) is 4.84. The van der Waals surface area contributed by atoms with Gasteiger partial charge in [0, 0.05) is 29.4 Å². The molecule has 0 aliphatic rings. The smallest absolute Gasteiger partial charge is 0.363 e. The second-order valence-corrected chi connectivity index (χ2v) is 3.98. The monoisotopic (exact) mass is 266 g/mol. The fraction of sp³-hybridized carbons (Fsp3) is 0.455. The normalized spacial score (nSPS) is 11.6. The van der Waals surface area contributed by atoms with E-state index in [2.05, 4.69) is 0 Å². The van der Waals surface area contributed by atoms with E-state index in [0.717, 1.165) is 0 Å². The second kappa shape index (κ2) is 5.60. The fourth-order valence-corrected chi connectivity index (χ4v) is 1.88. The van der Waals surface area contributed by atoms with Crippen molar-refractivity contribution in [2.24, 2.45) is 5.73 Å². The van der Waals surface area contributed by atoms with E-state index in [1.165, 1.54) is 4.90 Å². The van der Waals surface area contributed by atoms with Crippen LogP contribution in [-0.4, -0.2) is 19.3 Å². The number of anilines is 1. The van der Waals surface area contributed by atoms with Crippen LogP contribution < -0.4 is 10.6 Å². The largest absolute Gasteiger partial charge is 0.405 e. The van der Waals surface area contributed by atoms with Gasteiger partial charge in [-0.05, 0) is 19.1 Å². The molecule has 1 aromatic rings. The summed E-state index contributed by atoms with van der Waals surface area (Å²) in [5.41, 5.74) is 6.50. The molecule has 0 aliphatic carbocycles. The lowest BCUT2D eigenvalue weighted by atomic mass is 10.1. The maximum Gasteiger partial charge on any atom is 0.405 e. The van der Waals surface area contributed by atoms with Gasteiger partial charge in [-0.25, -0.2) is 0 Å². The van der Waals surface area contributed by atoms with Gasteiger partial charge in [-0.3, -0.25) is 0 Å². The number of nitrogens with two attached hydrogens (primary N) is 1. The third kappa shape index (κ3) is 3.78. The van der Waals surface area contributed by atoms with E-state index in [-0.39, 0.29) is 13.1 Å². The number of nitrogens with zero attached hydrogens (tertiary/aromatic N) is 1. The molecule has 0 aliphatic heterocycles. The highest BCUT2D eigenvalue weighted by molar-refractivity contribution is 6.31. The molecule has 0 unspecified atom stereocenters. The Bertz CT molecular complexity index is 379. The van der Waals surface area contributed by atoms with Crippen LogP contribution in [0.1, 0.15) is 12.5 Å². The number of hydrogen-bond acceptors (Lipinski definition) is 2. The van der Waals surface area contributed by atoms with E-state index in [4.69, 9.17) is 17.3 Å². The first-order chi connectivity index (χ1) is 7.89. The Labute approximate surface area is 103 Å². The summed E-state index contributed by atoms with van der Waals surface area (Å²) in [6.45, 7) is 1.01. The topological polar surface area (TPSA) is 29.3 Å². The maximum absolute atomic E-state index is 12.4. The molecule has 0 saturated heterocycles. The van der Waals surface area contributed by atoms with Crippen LogP contribution in [-0.2, 0) is 6.54 Å². The van der Waals surface area contributed by atoms with E-state index < -0.39 is 12.7 Å². The number of halogens is 4. The van der Waals surface area contributed by atoms with Crippen LogP contribution in [0, 0.1) is 0 Å². The molecule has 1 aromatic carbocycles. The van der Waals surface area contributed by atoms with Crippen molar-refractivity contribution in [1.82, 2.24) is 0 Å². The standard InChI is InChI=1S/C11H14ClF3N2/c1-2-17(7-11(13,14)15)10-5-3-4-9(12)8(10)6-16/h3-5H,2,6-7,16H2,1H3. The van der Waals surface area contributed by atoms with Crippen molar-refractivity contribution in [3.05, 3.63) is 28.8 Å². The predicted octanol–water partition coefficient (Wildman–Crippen LogP) is 3.19. The van der Waals surface area contributed by atoms with Crippen molar-refractivity contribution >= 4 is 17.3 Å². The van der Waals surface area contributed by atoms with E-state index >= 15 is 0 Å². The lowest BCUT2D eigenvalue weighted by molar-refractivity contribution is -0.119. The SMILES string of the molecule is CCN(CC(F)(F)F)c1cccc(Cl)c1CN. The molecule has 6 heteroatoms. The minimum atomic E-state index is -4.25. The van der Waals surface area contributed by atoms with Gasteiger partial charge in [-0.15, -0.1) is 0 Å². The lowest BCUT2D eigenvalue weighted by Gasteiger charge is -2.26. The molecule has 0 fully saturated rings. The molecule has 96 valence electrons. The van der Waals surface area contributed by atoms with Crippen LogP contribution in [0.5, 0.6) is 0 Å². The van der Waals surface area contributed by atoms with Gasteiger partial charge in [0.1, 0.15) is 6.54 Å². The summed E-state index contributed by atoms with van der Waals surface area (Å²) >= 11 is 5.91. The van der Waals surface area contributed by atoms with E-state index in [1.54, 1.807) is 25.1 Å². The highest BCUT2D eigenvalue weighted by Gasteiger charge is 2.31. The highest BCUT2D eigenvalue weighted by Crippen LogP contribution is 2.29. The quantitative estimate of drug-likeness (QED) is 0.907. The van der Waals surface area contributed by atoms with Crippen LogP contribution in [0.25, 0.3) is 0 Å². The Morgan fingerprint density at radius 3 is 2.47 bits per heavy atom. The molecule has 0 spiro atoms. The molecular weight excluding hydrogens is 253 g/mol. The van der Waals surface area contributed by atoms with Crippen molar-refractivity contribution in [2.45, 2.75) is 19.6 Å². The Morgan fingerprint density at radius 1 is 1.35 bits per heavy atom. The zero-order chi connectivity index (χ0) is 13.1. The van der Waals surface area contributed by atoms with Crippen molar-refractivity contribution in [3.8, 4) is 0 Å². The number of benzene rings is 1. The lowest BCUT2D eigenvalue weighted by Crippen LogP contribution is -2.34. The van der Waals surface area contributed by atoms with Gasteiger partial charge in [0.05, 0.1) is 0 Å². The molecule has 0 bridgehead atoms. The molecule has 0 atom stereocenters. The number of alkyl halides is 3. The maximum atomic E-state index is 12.4. The van der Waals surface area contributed by atoms with Crippen molar-refractivity contribution < 1.29 is 13.2 Å². The molecule has 1 rings (SSSR count). The van der Waals surface area contributed by atoms with Crippen molar-refractivity contribution in [3.63, 3.8) is 0 Å². The fourth-order valence-electron chi connectivity index (χ4n) is 1.63. The molecule has 0 radical (unpaired) electrons. The van der Waals surface area contributed by atoms with Crippen molar-refractivity contribution in [2.75, 3.05) is 18.0 Å². The Kier molecular flexibility index (Phi) is 4.65. The Hall–Kier alpha value is -0.940. The summed E-state index contributed by atoms with van der Waals surface area (Å²) in [5, 5.41) is 0.394. The molecule has 0 saturated carbocycles. The van der Waals surface area contributed by atoms with Crippen LogP contribution in [0.15, 0.2) is 18.2 Å². The third-order valence-corrected chi connectivity index (χ3v) is 2.74. The molecule has 0 heterocycles. The molecule has 2 nitrogen and oxygen atoms in total. The van der Waals surface area contributed by atoms with Crippen LogP contribution in [0.4, 0.5) is 18.9 Å². The van der Waals surface area contributed by atoms with E-state index in [9.17, 15) is 13.2 Å². The minimum Gasteiger partial charge on any atom is -0.363 e. The molecule has 2 N–H and O–H groups in total. The summed E-state index contributed by atoms with van der Waals surface area (Å²) in [6.07, 6.45) is -4.25. The summed E-state index contributed by atoms with van der Waals surface area (Å²) in [7, 11) is 0. The predicted molar refractivity (Wildman–Crippen MR) is 63.3 cm³/mol. The van der Waals surface area contributed by atoms with Gasteiger partial charge in [-0.2, -0.15) is 13.2 Å². The average Bonchev–Trinajstić information content (AvgIpc) is 2.24. The summed E-state index contributed by atoms with van der Waals surface area (Å²) < 4.78 is 37.2. The first kappa shape index (κ1) is 14.1. The van der Waals surface area contributed by atoms with Crippen molar-refractivity contribution in [1.29, 1.82) is 0 Å². The summed E-state index contributed by atoms with van der Waals surface area (Å²) in [5.74, 6) is 0. The molecular formula is C11H14ClF3N2. The molecule has 17 heavy (non-hydrogen) atoms. The number of rotatable bonds is 4. The van der Waals surface area contributed by atoms with Gasteiger partial charge in [0.25, 0.3) is 0 Å². The second-order valence-electron chi connectivity index (χ2n) is 3.57. The zero-order valence-electron chi connectivity index (χ0n) is 9.39. The third-order valence-electron chi connectivity index (χ3n) is 2.39. The van der Waals surface area contributed by atoms with Crippen LogP contribution >= 0.6 is 11.6 Å².